The molecular formula is C21H30N6O3. The van der Waals surface area contributed by atoms with Gasteiger partial charge in [-0.1, -0.05) is 37.3 Å². The molecule has 0 spiro atoms. The van der Waals surface area contributed by atoms with E-state index in [4.69, 9.17) is 9.47 Å². The molecule has 1 N–H and O–H groups in total. The molecule has 2 aromatic heterocycles. The van der Waals surface area contributed by atoms with Gasteiger partial charge < -0.3 is 14.8 Å². The van der Waals surface area contributed by atoms with Crippen molar-refractivity contribution in [2.75, 3.05) is 13.2 Å². The van der Waals surface area contributed by atoms with E-state index in [9.17, 15) is 4.79 Å². The van der Waals surface area contributed by atoms with Gasteiger partial charge in [0.05, 0.1) is 24.9 Å². The van der Waals surface area contributed by atoms with Crippen molar-refractivity contribution in [1.29, 1.82) is 0 Å². The zero-order valence-electron chi connectivity index (χ0n) is 17.7. The number of nitrogens with zero attached hydrogens (tertiary/aromatic N) is 5. The molecule has 2 aromatic rings. The lowest BCUT2D eigenvalue weighted by Gasteiger charge is -2.20. The van der Waals surface area contributed by atoms with Crippen molar-refractivity contribution < 1.29 is 14.3 Å². The van der Waals surface area contributed by atoms with Gasteiger partial charge in [-0.2, -0.15) is 5.10 Å². The van der Waals surface area contributed by atoms with E-state index in [1.54, 1.807) is 10.7 Å². The molecule has 1 unspecified atom stereocenters. The molecule has 2 aliphatic heterocycles. The normalized spacial score (nSPS) is 29.3. The predicted molar refractivity (Wildman–Crippen MR) is 108 cm³/mol. The van der Waals surface area contributed by atoms with E-state index in [-0.39, 0.29) is 30.2 Å². The van der Waals surface area contributed by atoms with E-state index in [1.807, 2.05) is 18.7 Å². The van der Waals surface area contributed by atoms with Crippen LogP contribution in [0, 0.1) is 12.8 Å². The van der Waals surface area contributed by atoms with Crippen molar-refractivity contribution in [1.82, 2.24) is 30.1 Å². The molecule has 9 heteroatoms. The number of rotatable bonds is 5. The maximum Gasteiger partial charge on any atom is 0.272 e. The first kappa shape index (κ1) is 19.7. The molecule has 2 saturated heterocycles. The van der Waals surface area contributed by atoms with Crippen LogP contribution in [-0.2, 0) is 22.9 Å². The molecule has 0 aromatic carbocycles. The number of aryl methyl sites for hydroxylation is 2. The molecule has 0 radical (unpaired) electrons. The van der Waals surface area contributed by atoms with Crippen LogP contribution in [0.3, 0.4) is 0 Å². The van der Waals surface area contributed by atoms with Crippen molar-refractivity contribution in [3.8, 4) is 0 Å². The lowest BCUT2D eigenvalue weighted by atomic mass is 9.86. The van der Waals surface area contributed by atoms with Gasteiger partial charge in [0.25, 0.3) is 5.91 Å². The van der Waals surface area contributed by atoms with Gasteiger partial charge in [-0.25, -0.2) is 4.68 Å². The van der Waals surface area contributed by atoms with Gasteiger partial charge in [-0.3, -0.25) is 9.48 Å². The van der Waals surface area contributed by atoms with Crippen LogP contribution < -0.4 is 5.32 Å². The van der Waals surface area contributed by atoms with Crippen molar-refractivity contribution >= 4 is 5.91 Å². The molecule has 30 heavy (non-hydrogen) atoms. The second-order valence-electron chi connectivity index (χ2n) is 8.94. The predicted octanol–water partition coefficient (Wildman–Crippen LogP) is 1.58. The first-order chi connectivity index (χ1) is 14.6. The summed E-state index contributed by atoms with van der Waals surface area (Å²) in [5.41, 5.74) is 2.41. The van der Waals surface area contributed by atoms with Crippen molar-refractivity contribution in [2.45, 2.75) is 69.7 Å². The lowest BCUT2D eigenvalue weighted by Crippen LogP contribution is -2.44. The summed E-state index contributed by atoms with van der Waals surface area (Å²) in [6.07, 6.45) is 9.35. The number of aromatic nitrogens is 5. The molecule has 9 nitrogen and oxygen atoms in total. The van der Waals surface area contributed by atoms with Crippen molar-refractivity contribution in [3.63, 3.8) is 0 Å². The fourth-order valence-corrected chi connectivity index (χ4v) is 5.00. The van der Waals surface area contributed by atoms with E-state index >= 15 is 0 Å². The standard InChI is InChI=1S/C21H30N6O3/c1-13-8-16(24-26(13)2)21(28)22-17-11-29-20-18(12-30-19(17)20)27-10-15(23-25-27)9-14-6-4-3-5-7-14/h8,10,14,17-20H,3-7,9,11-12H2,1-2H3,(H,22,28)/t17-,18?,19+,20+/m0/s1. The highest BCUT2D eigenvalue weighted by molar-refractivity contribution is 5.92. The summed E-state index contributed by atoms with van der Waals surface area (Å²) in [7, 11) is 1.83. The second-order valence-corrected chi connectivity index (χ2v) is 8.94. The first-order valence-corrected chi connectivity index (χ1v) is 11.0. The van der Waals surface area contributed by atoms with Gasteiger partial charge >= 0.3 is 0 Å². The summed E-state index contributed by atoms with van der Waals surface area (Å²) >= 11 is 0. The smallest absolute Gasteiger partial charge is 0.272 e. The van der Waals surface area contributed by atoms with Gasteiger partial charge in [0, 0.05) is 18.9 Å². The Bertz CT molecular complexity index is 883. The van der Waals surface area contributed by atoms with Crippen LogP contribution in [0.1, 0.15) is 60.0 Å². The van der Waals surface area contributed by atoms with E-state index in [0.29, 0.717) is 18.9 Å². The molecular weight excluding hydrogens is 384 g/mol. The first-order valence-electron chi connectivity index (χ1n) is 11.0. The Hall–Kier alpha value is -2.26. The summed E-state index contributed by atoms with van der Waals surface area (Å²) in [6, 6.07) is 1.58. The summed E-state index contributed by atoms with van der Waals surface area (Å²) in [5, 5.41) is 16.1. The van der Waals surface area contributed by atoms with E-state index in [0.717, 1.165) is 23.7 Å². The summed E-state index contributed by atoms with van der Waals surface area (Å²) in [6.45, 7) is 2.85. The Kier molecular flexibility index (Phi) is 5.32. The van der Waals surface area contributed by atoms with Crippen LogP contribution in [0.2, 0.25) is 0 Å². The topological polar surface area (TPSA) is 96.1 Å². The number of hydrogen-bond donors (Lipinski definition) is 1. The van der Waals surface area contributed by atoms with Gasteiger partial charge in [0.15, 0.2) is 0 Å². The third-order valence-corrected chi connectivity index (χ3v) is 6.81. The number of amides is 1. The molecule has 4 heterocycles. The molecule has 1 saturated carbocycles. The Morgan fingerprint density at radius 1 is 1.20 bits per heavy atom. The Morgan fingerprint density at radius 3 is 2.77 bits per heavy atom. The summed E-state index contributed by atoms with van der Waals surface area (Å²) in [5.74, 6) is 0.532. The molecule has 3 aliphatic rings. The maximum absolute atomic E-state index is 12.6. The molecule has 5 rings (SSSR count). The van der Waals surface area contributed by atoms with E-state index in [1.165, 1.54) is 32.1 Å². The van der Waals surface area contributed by atoms with E-state index < -0.39 is 0 Å². The highest BCUT2D eigenvalue weighted by Gasteiger charge is 2.49. The molecule has 1 amide bonds. The minimum absolute atomic E-state index is 0.0124. The number of hydrogen-bond acceptors (Lipinski definition) is 6. The average Bonchev–Trinajstić information content (AvgIpc) is 3.50. The van der Waals surface area contributed by atoms with Crippen LogP contribution >= 0.6 is 0 Å². The summed E-state index contributed by atoms with van der Waals surface area (Å²) in [4.78, 5) is 12.6. The zero-order valence-corrected chi connectivity index (χ0v) is 17.7. The third kappa shape index (κ3) is 3.76. The molecule has 1 aliphatic carbocycles. The fourth-order valence-electron chi connectivity index (χ4n) is 5.00. The van der Waals surface area contributed by atoms with Crippen LogP contribution in [0.15, 0.2) is 12.3 Å². The fraction of sp³-hybridized carbons (Fsp3) is 0.714. The molecule has 3 fully saturated rings. The zero-order chi connectivity index (χ0) is 20.7. The van der Waals surface area contributed by atoms with Crippen LogP contribution in [0.4, 0.5) is 0 Å². The second kappa shape index (κ2) is 8.11. The van der Waals surface area contributed by atoms with Gasteiger partial charge in [0.1, 0.15) is 23.9 Å². The maximum atomic E-state index is 12.6. The van der Waals surface area contributed by atoms with Gasteiger partial charge in [-0.15, -0.1) is 5.10 Å². The van der Waals surface area contributed by atoms with Gasteiger partial charge in [-0.05, 0) is 25.3 Å². The monoisotopic (exact) mass is 414 g/mol. The molecule has 4 atom stereocenters. The Labute approximate surface area is 176 Å². The highest BCUT2D eigenvalue weighted by atomic mass is 16.6. The van der Waals surface area contributed by atoms with Crippen LogP contribution in [-0.4, -0.2) is 62.1 Å². The van der Waals surface area contributed by atoms with Crippen molar-refractivity contribution in [2.24, 2.45) is 13.0 Å². The number of ether oxygens (including phenoxy) is 2. The Morgan fingerprint density at radius 2 is 2.00 bits per heavy atom. The van der Waals surface area contributed by atoms with Crippen molar-refractivity contribution in [3.05, 3.63) is 29.3 Å². The third-order valence-electron chi connectivity index (χ3n) is 6.81. The molecule has 0 bridgehead atoms. The summed E-state index contributed by atoms with van der Waals surface area (Å²) < 4.78 is 15.6. The van der Waals surface area contributed by atoms with Gasteiger partial charge in [0.2, 0.25) is 0 Å². The largest absolute Gasteiger partial charge is 0.371 e. The van der Waals surface area contributed by atoms with Crippen LogP contribution in [0.25, 0.3) is 0 Å². The molecule has 162 valence electrons. The highest BCUT2D eigenvalue weighted by Crippen LogP contribution is 2.34. The average molecular weight is 415 g/mol. The minimum atomic E-state index is -0.199. The SMILES string of the molecule is Cc1cc(C(=O)N[C@H]2CO[C@@H]3C(n4cc(CC5CCCCC5)nn4)CO[C@H]23)nn1C. The Balaban J connectivity index is 1.21. The van der Waals surface area contributed by atoms with Crippen LogP contribution in [0.5, 0.6) is 0 Å². The number of carbonyl (C=O) groups excluding carboxylic acids is 1. The number of fused-ring (bicyclic) bond motifs is 1. The number of nitrogens with one attached hydrogen (secondary N) is 1. The quantitative estimate of drug-likeness (QED) is 0.798. The number of carbonyl (C=O) groups is 1. The van der Waals surface area contributed by atoms with E-state index in [2.05, 4.69) is 26.9 Å². The minimum Gasteiger partial charge on any atom is -0.371 e. The lowest BCUT2D eigenvalue weighted by molar-refractivity contribution is 0.0613.